The first-order valence-corrected chi connectivity index (χ1v) is 7.55. The van der Waals surface area contributed by atoms with Gasteiger partial charge in [0.15, 0.2) is 11.7 Å². The van der Waals surface area contributed by atoms with Gasteiger partial charge in [-0.1, -0.05) is 0 Å². The molecule has 1 unspecified atom stereocenters. The van der Waals surface area contributed by atoms with Crippen molar-refractivity contribution in [2.45, 2.75) is 37.9 Å². The van der Waals surface area contributed by atoms with Crippen molar-refractivity contribution in [3.05, 3.63) is 0 Å². The number of likely N-dealkylation sites (N-methyl/N-ethyl adjacent to an activating group) is 1. The summed E-state index contributed by atoms with van der Waals surface area (Å²) in [5.74, 6) is -6.69. The van der Waals surface area contributed by atoms with E-state index in [4.69, 9.17) is 25.2 Å². The predicted octanol–water partition coefficient (Wildman–Crippen LogP) is -2.49. The molecule has 12 nitrogen and oxygen atoms in total. The molecule has 0 aromatic carbocycles. The second-order valence-electron chi connectivity index (χ2n) is 6.76. The second-order valence-corrected chi connectivity index (χ2v) is 6.76. The molecule has 0 spiro atoms. The first-order valence-electron chi connectivity index (χ1n) is 7.55. The van der Waals surface area contributed by atoms with E-state index in [1.807, 2.05) is 21.1 Å². The fourth-order valence-corrected chi connectivity index (χ4v) is 1.89. The number of ether oxygens (including phenoxy) is 1. The minimum absolute atomic E-state index is 0. The van der Waals surface area contributed by atoms with Crippen LogP contribution < -0.4 is 5.11 Å². The van der Waals surface area contributed by atoms with Crippen molar-refractivity contribution >= 4 is 29.8 Å². The summed E-state index contributed by atoms with van der Waals surface area (Å²) in [5, 5.41) is 44.2. The Morgan fingerprint density at radius 1 is 1.00 bits per heavy atom. The number of aliphatic hydroxyl groups is 1. The molecule has 0 saturated carbocycles. The van der Waals surface area contributed by atoms with Crippen LogP contribution in [0.1, 0.15) is 26.2 Å². The van der Waals surface area contributed by atoms with E-state index in [1.165, 1.54) is 6.92 Å². The van der Waals surface area contributed by atoms with Crippen molar-refractivity contribution < 1.29 is 78.2 Å². The average Bonchev–Trinajstić information content (AvgIpc) is 2.32. The average molecular weight is 461 g/mol. The Kier molecular flexibility index (Phi) is 14.4. The summed E-state index contributed by atoms with van der Waals surface area (Å²) in [7, 11) is 5.68. The van der Waals surface area contributed by atoms with Crippen LogP contribution in [0.4, 0.5) is 0 Å². The summed E-state index contributed by atoms with van der Waals surface area (Å²) in [4.78, 5) is 51.5. The Hall–Kier alpha value is -2.11. The van der Waals surface area contributed by atoms with E-state index in [9.17, 15) is 29.1 Å². The normalized spacial score (nSPS) is 11.8. The van der Waals surface area contributed by atoms with E-state index in [2.05, 4.69) is 0 Å². The van der Waals surface area contributed by atoms with Crippen molar-refractivity contribution in [1.82, 2.24) is 0 Å². The molecule has 0 aliphatic carbocycles. The van der Waals surface area contributed by atoms with E-state index in [0.717, 1.165) is 0 Å². The molecule has 28 heavy (non-hydrogen) atoms. The summed E-state index contributed by atoms with van der Waals surface area (Å²) in [6.07, 6.45) is -3.16. The number of aliphatic carboxylic acids is 4. The van der Waals surface area contributed by atoms with E-state index < -0.39 is 54.4 Å². The van der Waals surface area contributed by atoms with Gasteiger partial charge in [0, 0.05) is 38.8 Å². The van der Waals surface area contributed by atoms with Gasteiger partial charge in [-0.25, -0.2) is 4.79 Å². The zero-order chi connectivity index (χ0) is 22.0. The van der Waals surface area contributed by atoms with Crippen molar-refractivity contribution in [3.8, 4) is 0 Å². The SMILES string of the molecule is CC(=O)OC(CC(=O)[O-])C[N+](C)(C)C.O=C(O)CC(O)(CC(=O)O)C(=O)O.[Zn]. The molecule has 13 heteroatoms. The molecule has 158 valence electrons. The van der Waals surface area contributed by atoms with Gasteiger partial charge in [0.05, 0.1) is 34.0 Å². The Bertz CT molecular complexity index is 539. The van der Waals surface area contributed by atoms with E-state index >= 15 is 0 Å². The number of esters is 1. The van der Waals surface area contributed by atoms with Gasteiger partial charge in [0.25, 0.3) is 0 Å². The maximum atomic E-state index is 10.7. The molecule has 0 rings (SSSR count). The minimum atomic E-state index is -2.74. The maximum Gasteiger partial charge on any atom is 0.336 e. The van der Waals surface area contributed by atoms with Crippen molar-refractivity contribution in [2.24, 2.45) is 0 Å². The van der Waals surface area contributed by atoms with Crippen LogP contribution in [0.2, 0.25) is 0 Å². The number of quaternary nitrogens is 1. The number of hydrogen-bond donors (Lipinski definition) is 4. The van der Waals surface area contributed by atoms with Gasteiger partial charge in [-0.3, -0.25) is 14.4 Å². The van der Waals surface area contributed by atoms with Crippen molar-refractivity contribution in [2.75, 3.05) is 27.7 Å². The molecular weight excluding hydrogens is 436 g/mol. The molecule has 4 N–H and O–H groups in total. The molecule has 0 bridgehead atoms. The molecule has 1 atom stereocenters. The number of carboxylic acids is 4. The zero-order valence-corrected chi connectivity index (χ0v) is 19.2. The van der Waals surface area contributed by atoms with Gasteiger partial charge < -0.3 is 39.5 Å². The number of carbonyl (C=O) groups is 5. The molecule has 0 radical (unpaired) electrons. The van der Waals surface area contributed by atoms with Crippen LogP contribution in [0.3, 0.4) is 0 Å². The molecule has 0 saturated heterocycles. The second kappa shape index (κ2) is 13.1. The summed E-state index contributed by atoms with van der Waals surface area (Å²) in [5.41, 5.74) is -2.74. The Morgan fingerprint density at radius 2 is 1.39 bits per heavy atom. The Labute approximate surface area is 174 Å². The molecule has 0 aromatic heterocycles. The number of rotatable bonds is 10. The summed E-state index contributed by atoms with van der Waals surface area (Å²) in [6, 6.07) is 0. The van der Waals surface area contributed by atoms with E-state index in [1.54, 1.807) is 0 Å². The minimum Gasteiger partial charge on any atom is -0.550 e. The van der Waals surface area contributed by atoms with Gasteiger partial charge >= 0.3 is 23.9 Å². The third-order valence-electron chi connectivity index (χ3n) is 2.76. The largest absolute Gasteiger partial charge is 0.550 e. The van der Waals surface area contributed by atoms with Gasteiger partial charge in [-0.2, -0.15) is 0 Å². The quantitative estimate of drug-likeness (QED) is 0.153. The van der Waals surface area contributed by atoms with Crippen LogP contribution >= 0.6 is 0 Å². The van der Waals surface area contributed by atoms with Gasteiger partial charge in [-0.15, -0.1) is 0 Å². The van der Waals surface area contributed by atoms with Crippen LogP contribution in [-0.4, -0.2) is 94.1 Å². The maximum absolute atomic E-state index is 10.7. The molecular formula is C15H25NO11Zn. The van der Waals surface area contributed by atoms with Crippen LogP contribution in [0.25, 0.3) is 0 Å². The number of hydrogen-bond acceptors (Lipinski definition) is 8. The molecule has 0 aliphatic rings. The van der Waals surface area contributed by atoms with Gasteiger partial charge in [-0.05, 0) is 0 Å². The molecule has 0 amide bonds. The monoisotopic (exact) mass is 459 g/mol. The molecule has 0 aliphatic heterocycles. The third kappa shape index (κ3) is 17.3. The van der Waals surface area contributed by atoms with Crippen molar-refractivity contribution in [1.29, 1.82) is 0 Å². The standard InChI is InChI=1S/C9H17NO4.C6H8O7.Zn/c1-7(11)14-8(5-9(12)13)6-10(2,3)4;7-3(8)1-6(13,5(11)12)2-4(9)10;/h8H,5-6H2,1-4H3;13H,1-2H2,(H,7,8)(H,9,10)(H,11,12);. The first kappa shape index (κ1) is 30.6. The zero-order valence-electron chi connectivity index (χ0n) is 16.2. The van der Waals surface area contributed by atoms with Gasteiger partial charge in [0.2, 0.25) is 0 Å². The summed E-state index contributed by atoms with van der Waals surface area (Å²) >= 11 is 0. The smallest absolute Gasteiger partial charge is 0.336 e. The number of carboxylic acid groups (broad SMARTS) is 4. The van der Waals surface area contributed by atoms with E-state index in [0.29, 0.717) is 11.0 Å². The van der Waals surface area contributed by atoms with Gasteiger partial charge in [0.1, 0.15) is 6.54 Å². The molecule has 0 heterocycles. The summed E-state index contributed by atoms with van der Waals surface area (Å²) < 4.78 is 5.39. The van der Waals surface area contributed by atoms with Crippen LogP contribution in [-0.2, 0) is 48.2 Å². The predicted molar refractivity (Wildman–Crippen MR) is 85.2 cm³/mol. The molecule has 0 fully saturated rings. The number of carbonyl (C=O) groups excluding carboxylic acids is 2. The van der Waals surface area contributed by atoms with E-state index in [-0.39, 0.29) is 25.9 Å². The van der Waals surface area contributed by atoms with Crippen LogP contribution in [0.5, 0.6) is 0 Å². The fourth-order valence-electron chi connectivity index (χ4n) is 1.89. The third-order valence-corrected chi connectivity index (χ3v) is 2.76. The first-order chi connectivity index (χ1) is 12.0. The Balaban J connectivity index is -0.000000432. The number of nitrogens with zero attached hydrogens (tertiary/aromatic N) is 1. The van der Waals surface area contributed by atoms with Crippen LogP contribution in [0, 0.1) is 0 Å². The Morgan fingerprint density at radius 3 is 1.61 bits per heavy atom. The topological polar surface area (TPSA) is 199 Å². The molecule has 0 aromatic rings. The fraction of sp³-hybridized carbons (Fsp3) is 0.667. The van der Waals surface area contributed by atoms with Crippen molar-refractivity contribution in [3.63, 3.8) is 0 Å². The summed E-state index contributed by atoms with van der Waals surface area (Å²) in [6.45, 7) is 1.71. The van der Waals surface area contributed by atoms with Crippen LogP contribution in [0.15, 0.2) is 0 Å².